The van der Waals surface area contributed by atoms with Crippen LogP contribution in [0.1, 0.15) is 25.3 Å². The predicted molar refractivity (Wildman–Crippen MR) is 132 cm³/mol. The number of nitrogens with zero attached hydrogens (tertiary/aromatic N) is 4. The quantitative estimate of drug-likeness (QED) is 0.508. The Morgan fingerprint density at radius 3 is 2.79 bits per heavy atom. The summed E-state index contributed by atoms with van der Waals surface area (Å²) < 4.78 is 11.0. The van der Waals surface area contributed by atoms with Crippen molar-refractivity contribution in [2.45, 2.75) is 38.5 Å². The van der Waals surface area contributed by atoms with E-state index in [9.17, 15) is 5.11 Å². The van der Waals surface area contributed by atoms with E-state index in [2.05, 4.69) is 22.5 Å². The fraction of sp³-hybridized carbons (Fsp3) is 0.480. The minimum Gasteiger partial charge on any atom is -0.496 e. The molecule has 34 heavy (non-hydrogen) atoms. The monoisotopic (exact) mass is 464 g/mol. The molecular formula is C25H32N6O3. The van der Waals surface area contributed by atoms with Gasteiger partial charge in [0.05, 0.1) is 44.1 Å². The van der Waals surface area contributed by atoms with Crippen LogP contribution in [0.4, 0.5) is 11.8 Å². The van der Waals surface area contributed by atoms with Crippen molar-refractivity contribution < 1.29 is 14.6 Å². The number of nitrogens with one attached hydrogen (secondary N) is 2. The Labute approximate surface area is 199 Å². The second-order valence-corrected chi connectivity index (χ2v) is 8.91. The number of rotatable bonds is 6. The number of hydrogen-bond donors (Lipinski definition) is 3. The van der Waals surface area contributed by atoms with Crippen LogP contribution in [0.15, 0.2) is 30.3 Å². The van der Waals surface area contributed by atoms with Gasteiger partial charge in [0.2, 0.25) is 5.95 Å². The number of benzene rings is 1. The lowest BCUT2D eigenvalue weighted by atomic mass is 10.1. The number of pyridine rings is 1. The number of piperidine rings is 1. The maximum atomic E-state index is 9.74. The van der Waals surface area contributed by atoms with Crippen LogP contribution in [0.5, 0.6) is 5.75 Å². The van der Waals surface area contributed by atoms with Gasteiger partial charge in [-0.2, -0.15) is 9.97 Å². The zero-order chi connectivity index (χ0) is 23.5. The highest BCUT2D eigenvalue weighted by Gasteiger charge is 2.25. The minimum absolute atomic E-state index is 0.101. The molecule has 180 valence electrons. The number of ether oxygens (including phenoxy) is 2. The number of aromatic nitrogens is 3. The molecule has 0 aliphatic carbocycles. The molecule has 4 heterocycles. The summed E-state index contributed by atoms with van der Waals surface area (Å²) >= 11 is 0. The number of fused-ring (bicyclic) bond motifs is 1. The van der Waals surface area contributed by atoms with Crippen molar-refractivity contribution >= 4 is 22.8 Å². The van der Waals surface area contributed by atoms with Gasteiger partial charge in [0.25, 0.3) is 0 Å². The van der Waals surface area contributed by atoms with Gasteiger partial charge in [-0.3, -0.25) is 0 Å². The predicted octanol–water partition coefficient (Wildman–Crippen LogP) is 2.58. The molecule has 9 heteroatoms. The van der Waals surface area contributed by atoms with Crippen molar-refractivity contribution in [3.63, 3.8) is 0 Å². The summed E-state index contributed by atoms with van der Waals surface area (Å²) in [6.45, 7) is 6.16. The van der Waals surface area contributed by atoms with Crippen LogP contribution in [-0.2, 0) is 11.3 Å². The molecule has 3 aromatic rings. The van der Waals surface area contributed by atoms with Crippen molar-refractivity contribution in [3.05, 3.63) is 35.9 Å². The molecule has 2 saturated heterocycles. The van der Waals surface area contributed by atoms with Gasteiger partial charge in [0, 0.05) is 23.7 Å². The second-order valence-electron chi connectivity index (χ2n) is 8.91. The van der Waals surface area contributed by atoms with Crippen LogP contribution < -0.4 is 20.3 Å². The molecule has 0 amide bonds. The maximum Gasteiger partial charge on any atom is 0.226 e. The Morgan fingerprint density at radius 2 is 2.03 bits per heavy atom. The SMILES string of the molecule is COc1ccc(-c2ccc3c(N4CCOCC4C)nc(NC4CCNCC4)nc3n2)cc1CO. The standard InChI is InChI=1S/C25H32N6O3/c1-16-15-34-12-11-31(16)24-20-4-5-21(17-3-6-22(33-2)18(13-17)14-32)28-23(20)29-25(30-24)27-19-7-9-26-10-8-19/h3-6,13,16,19,26,32H,7-12,14-15H2,1-2H3,(H,27,28,29,30). The molecule has 0 spiro atoms. The molecule has 9 nitrogen and oxygen atoms in total. The largest absolute Gasteiger partial charge is 0.496 e. The first-order valence-electron chi connectivity index (χ1n) is 11.9. The number of aliphatic hydroxyl groups is 1. The van der Waals surface area contributed by atoms with E-state index in [0.717, 1.165) is 60.5 Å². The third-order valence-electron chi connectivity index (χ3n) is 6.60. The zero-order valence-corrected chi connectivity index (χ0v) is 19.8. The van der Waals surface area contributed by atoms with Crippen LogP contribution in [0, 0.1) is 0 Å². The molecule has 2 aliphatic rings. The maximum absolute atomic E-state index is 9.74. The Balaban J connectivity index is 1.57. The van der Waals surface area contributed by atoms with E-state index >= 15 is 0 Å². The van der Waals surface area contributed by atoms with Crippen LogP contribution in [0.2, 0.25) is 0 Å². The average molecular weight is 465 g/mol. The van der Waals surface area contributed by atoms with Gasteiger partial charge in [-0.15, -0.1) is 0 Å². The number of anilines is 2. The van der Waals surface area contributed by atoms with Crippen molar-refractivity contribution in [1.82, 2.24) is 20.3 Å². The van der Waals surface area contributed by atoms with Crippen molar-refractivity contribution in [1.29, 1.82) is 0 Å². The third-order valence-corrected chi connectivity index (χ3v) is 6.60. The summed E-state index contributed by atoms with van der Waals surface area (Å²) in [5.41, 5.74) is 3.07. The van der Waals surface area contributed by atoms with E-state index in [-0.39, 0.29) is 12.6 Å². The second kappa shape index (κ2) is 10.1. The number of methoxy groups -OCH3 is 1. The van der Waals surface area contributed by atoms with E-state index in [4.69, 9.17) is 24.4 Å². The van der Waals surface area contributed by atoms with Crippen molar-refractivity contribution in [2.24, 2.45) is 0 Å². The molecule has 2 aromatic heterocycles. The van der Waals surface area contributed by atoms with Crippen molar-refractivity contribution in [2.75, 3.05) is 50.2 Å². The van der Waals surface area contributed by atoms with Crippen LogP contribution in [0.25, 0.3) is 22.3 Å². The van der Waals surface area contributed by atoms with E-state index < -0.39 is 0 Å². The first-order valence-corrected chi connectivity index (χ1v) is 11.9. The van der Waals surface area contributed by atoms with E-state index in [1.165, 1.54) is 0 Å². The molecular weight excluding hydrogens is 432 g/mol. The molecule has 1 unspecified atom stereocenters. The molecule has 2 aliphatic heterocycles. The van der Waals surface area contributed by atoms with Crippen LogP contribution >= 0.6 is 0 Å². The van der Waals surface area contributed by atoms with E-state index in [1.54, 1.807) is 7.11 Å². The van der Waals surface area contributed by atoms with E-state index in [1.807, 2.05) is 30.3 Å². The number of hydrogen-bond acceptors (Lipinski definition) is 9. The van der Waals surface area contributed by atoms with Gasteiger partial charge in [-0.25, -0.2) is 4.98 Å². The fourth-order valence-electron chi connectivity index (χ4n) is 4.69. The summed E-state index contributed by atoms with van der Waals surface area (Å²) in [5, 5.41) is 17.6. The van der Waals surface area contributed by atoms with Crippen molar-refractivity contribution in [3.8, 4) is 17.0 Å². The van der Waals surface area contributed by atoms with Gasteiger partial charge >= 0.3 is 0 Å². The Hall–Kier alpha value is -3.01. The molecule has 5 rings (SSSR count). The Bertz CT molecular complexity index is 1150. The topological polar surface area (TPSA) is 105 Å². The minimum atomic E-state index is -0.101. The first-order chi connectivity index (χ1) is 16.7. The molecule has 0 saturated carbocycles. The van der Waals surface area contributed by atoms with Gasteiger partial charge in [0.15, 0.2) is 5.65 Å². The Kier molecular flexibility index (Phi) is 6.75. The first kappa shape index (κ1) is 22.8. The Morgan fingerprint density at radius 1 is 1.18 bits per heavy atom. The average Bonchev–Trinajstić information content (AvgIpc) is 2.88. The molecule has 1 aromatic carbocycles. The molecule has 1 atom stereocenters. The van der Waals surface area contributed by atoms with E-state index in [0.29, 0.717) is 36.6 Å². The highest BCUT2D eigenvalue weighted by molar-refractivity contribution is 5.90. The van der Waals surface area contributed by atoms with Gasteiger partial charge in [-0.1, -0.05) is 0 Å². The highest BCUT2D eigenvalue weighted by Crippen LogP contribution is 2.31. The number of aliphatic hydroxyl groups excluding tert-OH is 1. The van der Waals surface area contributed by atoms with Crippen LogP contribution in [0.3, 0.4) is 0 Å². The molecule has 3 N–H and O–H groups in total. The normalized spacial score (nSPS) is 19.4. The summed E-state index contributed by atoms with van der Waals surface area (Å²) in [6.07, 6.45) is 2.07. The molecule has 0 radical (unpaired) electrons. The fourth-order valence-corrected chi connectivity index (χ4v) is 4.69. The lowest BCUT2D eigenvalue weighted by Gasteiger charge is -2.35. The highest BCUT2D eigenvalue weighted by atomic mass is 16.5. The molecule has 0 bridgehead atoms. The smallest absolute Gasteiger partial charge is 0.226 e. The zero-order valence-electron chi connectivity index (χ0n) is 19.8. The lowest BCUT2D eigenvalue weighted by molar-refractivity contribution is 0.0987. The summed E-state index contributed by atoms with van der Waals surface area (Å²) in [6, 6.07) is 10.3. The van der Waals surface area contributed by atoms with Gasteiger partial charge in [0.1, 0.15) is 11.6 Å². The summed E-state index contributed by atoms with van der Waals surface area (Å²) in [7, 11) is 1.60. The summed E-state index contributed by atoms with van der Waals surface area (Å²) in [5.74, 6) is 2.16. The molecule has 2 fully saturated rings. The third kappa shape index (κ3) is 4.64. The van der Waals surface area contributed by atoms with Crippen LogP contribution in [-0.4, -0.2) is 72.1 Å². The lowest BCUT2D eigenvalue weighted by Crippen LogP contribution is -2.44. The van der Waals surface area contributed by atoms with Gasteiger partial charge in [-0.05, 0) is 63.2 Å². The summed E-state index contributed by atoms with van der Waals surface area (Å²) in [4.78, 5) is 17.0. The number of morpholine rings is 1. The van der Waals surface area contributed by atoms with Gasteiger partial charge < -0.3 is 30.1 Å².